The first kappa shape index (κ1) is 10.1. The molecular weight excluding hydrogens is 184 g/mol. The predicted octanol–water partition coefficient (Wildman–Crippen LogP) is 2.67. The van der Waals surface area contributed by atoms with Crippen LogP contribution in [-0.2, 0) is 0 Å². The first-order valence-corrected chi connectivity index (χ1v) is 5.18. The molecule has 1 unspecified atom stereocenters. The molecule has 0 aliphatic heterocycles. The number of aryl methyl sites for hydroxylation is 1. The van der Waals surface area contributed by atoms with Gasteiger partial charge >= 0.3 is 0 Å². The minimum absolute atomic E-state index is 0.176. The molecule has 3 N–H and O–H groups in total. The van der Waals surface area contributed by atoms with Crippen LogP contribution in [0, 0.1) is 6.92 Å². The molecule has 2 heteroatoms. The monoisotopic (exact) mass is 200 g/mol. The Hall–Kier alpha value is -1.38. The van der Waals surface area contributed by atoms with Crippen molar-refractivity contribution in [2.45, 2.75) is 19.9 Å². The molecule has 0 bridgehead atoms. The molecule has 0 aromatic heterocycles. The number of hydrazine groups is 1. The molecule has 0 saturated carbocycles. The van der Waals surface area contributed by atoms with Crippen molar-refractivity contribution < 1.29 is 0 Å². The standard InChI is InChI=1S/C13H16N2/c1-9-7-8-12(10(2)15-14)13-6-4-3-5-11(9)13/h3-8,10,15H,14H2,1-2H3. The lowest BCUT2D eigenvalue weighted by atomic mass is 9.97. The third-order valence-electron chi connectivity index (χ3n) is 2.89. The Morgan fingerprint density at radius 1 is 1.07 bits per heavy atom. The number of benzene rings is 2. The van der Waals surface area contributed by atoms with Gasteiger partial charge in [0, 0.05) is 6.04 Å². The number of hydrogen-bond acceptors (Lipinski definition) is 2. The van der Waals surface area contributed by atoms with Gasteiger partial charge in [-0.25, -0.2) is 0 Å². The summed E-state index contributed by atoms with van der Waals surface area (Å²) in [5.41, 5.74) is 5.35. The van der Waals surface area contributed by atoms with E-state index in [4.69, 9.17) is 5.84 Å². The zero-order chi connectivity index (χ0) is 10.8. The average molecular weight is 200 g/mol. The molecule has 2 aromatic carbocycles. The Morgan fingerprint density at radius 3 is 2.40 bits per heavy atom. The SMILES string of the molecule is Cc1ccc(C(C)NN)c2ccccc12. The number of nitrogens with two attached hydrogens (primary N) is 1. The van der Waals surface area contributed by atoms with Crippen LogP contribution in [0.25, 0.3) is 10.8 Å². The third-order valence-corrected chi connectivity index (χ3v) is 2.89. The van der Waals surface area contributed by atoms with E-state index in [0.717, 1.165) is 0 Å². The molecule has 0 aliphatic rings. The third kappa shape index (κ3) is 1.74. The summed E-state index contributed by atoms with van der Waals surface area (Å²) in [4.78, 5) is 0. The van der Waals surface area contributed by atoms with Crippen LogP contribution < -0.4 is 11.3 Å². The maximum atomic E-state index is 5.48. The fourth-order valence-electron chi connectivity index (χ4n) is 1.94. The predicted molar refractivity (Wildman–Crippen MR) is 64.4 cm³/mol. The van der Waals surface area contributed by atoms with E-state index in [9.17, 15) is 0 Å². The largest absolute Gasteiger partial charge is 0.271 e. The van der Waals surface area contributed by atoms with E-state index in [2.05, 4.69) is 55.7 Å². The van der Waals surface area contributed by atoms with Gasteiger partial charge < -0.3 is 0 Å². The zero-order valence-corrected chi connectivity index (χ0v) is 9.12. The van der Waals surface area contributed by atoms with E-state index in [-0.39, 0.29) is 6.04 Å². The topological polar surface area (TPSA) is 38.0 Å². The summed E-state index contributed by atoms with van der Waals surface area (Å²) in [6.45, 7) is 4.20. The first-order chi connectivity index (χ1) is 7.24. The summed E-state index contributed by atoms with van der Waals surface area (Å²) in [5, 5.41) is 2.58. The highest BCUT2D eigenvalue weighted by Gasteiger charge is 2.08. The molecule has 78 valence electrons. The lowest BCUT2D eigenvalue weighted by Crippen LogP contribution is -2.25. The van der Waals surface area contributed by atoms with Gasteiger partial charge in [0.15, 0.2) is 0 Å². The van der Waals surface area contributed by atoms with Crippen molar-refractivity contribution in [1.82, 2.24) is 5.43 Å². The molecule has 0 radical (unpaired) electrons. The van der Waals surface area contributed by atoms with E-state index in [0.29, 0.717) is 0 Å². The van der Waals surface area contributed by atoms with E-state index < -0.39 is 0 Å². The quantitative estimate of drug-likeness (QED) is 0.577. The number of hydrogen-bond donors (Lipinski definition) is 2. The minimum atomic E-state index is 0.176. The number of nitrogens with one attached hydrogen (secondary N) is 1. The van der Waals surface area contributed by atoms with Crippen molar-refractivity contribution in [2.24, 2.45) is 5.84 Å². The lowest BCUT2D eigenvalue weighted by Gasteiger charge is -2.14. The van der Waals surface area contributed by atoms with Crippen LogP contribution in [0.2, 0.25) is 0 Å². The summed E-state index contributed by atoms with van der Waals surface area (Å²) >= 11 is 0. The van der Waals surface area contributed by atoms with E-state index >= 15 is 0 Å². The van der Waals surface area contributed by atoms with Crippen LogP contribution in [-0.4, -0.2) is 0 Å². The van der Waals surface area contributed by atoms with Gasteiger partial charge in [0.2, 0.25) is 0 Å². The van der Waals surface area contributed by atoms with Crippen molar-refractivity contribution in [3.63, 3.8) is 0 Å². The molecule has 2 nitrogen and oxygen atoms in total. The number of fused-ring (bicyclic) bond motifs is 1. The zero-order valence-electron chi connectivity index (χ0n) is 9.12. The van der Waals surface area contributed by atoms with Crippen molar-refractivity contribution >= 4 is 10.8 Å². The van der Waals surface area contributed by atoms with E-state index in [1.807, 2.05) is 0 Å². The maximum absolute atomic E-state index is 5.48. The van der Waals surface area contributed by atoms with Gasteiger partial charge in [0.1, 0.15) is 0 Å². The van der Waals surface area contributed by atoms with Crippen molar-refractivity contribution in [3.05, 3.63) is 47.5 Å². The van der Waals surface area contributed by atoms with Gasteiger partial charge in [-0.05, 0) is 35.7 Å². The molecule has 0 heterocycles. The van der Waals surface area contributed by atoms with Crippen LogP contribution in [0.3, 0.4) is 0 Å². The Labute approximate surface area is 90.1 Å². The summed E-state index contributed by atoms with van der Waals surface area (Å²) in [6, 6.07) is 12.9. The average Bonchev–Trinajstić information content (AvgIpc) is 2.29. The van der Waals surface area contributed by atoms with Crippen molar-refractivity contribution in [3.8, 4) is 0 Å². The molecule has 0 fully saturated rings. The lowest BCUT2D eigenvalue weighted by molar-refractivity contribution is 0.606. The number of rotatable bonds is 2. The highest BCUT2D eigenvalue weighted by molar-refractivity contribution is 5.88. The molecule has 1 atom stereocenters. The van der Waals surface area contributed by atoms with E-state index in [1.165, 1.54) is 21.9 Å². The van der Waals surface area contributed by atoms with Gasteiger partial charge in [-0.2, -0.15) is 0 Å². The van der Waals surface area contributed by atoms with Gasteiger partial charge in [-0.3, -0.25) is 11.3 Å². The van der Waals surface area contributed by atoms with Gasteiger partial charge in [0.25, 0.3) is 0 Å². The van der Waals surface area contributed by atoms with Crippen molar-refractivity contribution in [1.29, 1.82) is 0 Å². The summed E-state index contributed by atoms with van der Waals surface area (Å²) in [6.07, 6.45) is 0. The molecule has 2 rings (SSSR count). The second kappa shape index (κ2) is 4.01. The fourth-order valence-corrected chi connectivity index (χ4v) is 1.94. The molecule has 0 amide bonds. The first-order valence-electron chi connectivity index (χ1n) is 5.18. The highest BCUT2D eigenvalue weighted by Crippen LogP contribution is 2.26. The van der Waals surface area contributed by atoms with Crippen LogP contribution in [0.4, 0.5) is 0 Å². The molecular formula is C13H16N2. The van der Waals surface area contributed by atoms with Crippen LogP contribution in [0.5, 0.6) is 0 Å². The van der Waals surface area contributed by atoms with Crippen molar-refractivity contribution in [2.75, 3.05) is 0 Å². The Balaban J connectivity index is 2.71. The minimum Gasteiger partial charge on any atom is -0.271 e. The summed E-state index contributed by atoms with van der Waals surface area (Å²) < 4.78 is 0. The van der Waals surface area contributed by atoms with E-state index in [1.54, 1.807) is 0 Å². The second-order valence-corrected chi connectivity index (χ2v) is 3.91. The van der Waals surface area contributed by atoms with Crippen LogP contribution in [0.15, 0.2) is 36.4 Å². The molecule has 2 aromatic rings. The van der Waals surface area contributed by atoms with Crippen LogP contribution >= 0.6 is 0 Å². The summed E-state index contributed by atoms with van der Waals surface area (Å²) in [7, 11) is 0. The molecule has 0 saturated heterocycles. The second-order valence-electron chi connectivity index (χ2n) is 3.91. The van der Waals surface area contributed by atoms with Crippen LogP contribution in [0.1, 0.15) is 24.1 Å². The Kier molecular flexibility index (Phi) is 2.71. The summed E-state index contributed by atoms with van der Waals surface area (Å²) in [5.74, 6) is 5.48. The van der Waals surface area contributed by atoms with Gasteiger partial charge in [-0.1, -0.05) is 36.4 Å². The maximum Gasteiger partial charge on any atom is 0.0437 e. The fraction of sp³-hybridized carbons (Fsp3) is 0.231. The molecule has 0 spiro atoms. The molecule has 0 aliphatic carbocycles. The molecule has 15 heavy (non-hydrogen) atoms. The smallest absolute Gasteiger partial charge is 0.0437 e. The Morgan fingerprint density at radius 2 is 1.73 bits per heavy atom. The van der Waals surface area contributed by atoms with Gasteiger partial charge in [0.05, 0.1) is 0 Å². The highest BCUT2D eigenvalue weighted by atomic mass is 15.2. The Bertz CT molecular complexity index is 477. The van der Waals surface area contributed by atoms with Gasteiger partial charge in [-0.15, -0.1) is 0 Å². The normalized spacial score (nSPS) is 13.0.